The standard InChI is InChI=1S/C24H32N2O4/c1-3-5-6-7-8-9-15-28-24-25-16-19(17-26-24)18-11-13-20(14-12-18)29-23(27)22-21(30-22)10-4-2/h11-14,16-17,21-22H,3-10,15H2,1-2H3/t21-,22-/m1/s1. The van der Waals surface area contributed by atoms with Crippen LogP contribution in [0, 0.1) is 0 Å². The molecular weight excluding hydrogens is 380 g/mol. The monoisotopic (exact) mass is 412 g/mol. The first-order valence-electron chi connectivity index (χ1n) is 11.1. The van der Waals surface area contributed by atoms with Crippen molar-refractivity contribution >= 4 is 5.97 Å². The summed E-state index contributed by atoms with van der Waals surface area (Å²) in [4.78, 5) is 20.6. The first kappa shape index (κ1) is 22.2. The zero-order valence-electron chi connectivity index (χ0n) is 18.0. The van der Waals surface area contributed by atoms with Crippen LogP contribution in [0.25, 0.3) is 11.1 Å². The van der Waals surface area contributed by atoms with Crippen LogP contribution >= 0.6 is 0 Å². The minimum Gasteiger partial charge on any atom is -0.463 e. The Hall–Kier alpha value is -2.47. The Morgan fingerprint density at radius 3 is 2.33 bits per heavy atom. The van der Waals surface area contributed by atoms with Crippen molar-refractivity contribution in [3.63, 3.8) is 0 Å². The van der Waals surface area contributed by atoms with Crippen molar-refractivity contribution in [3.8, 4) is 22.9 Å². The lowest BCUT2D eigenvalue weighted by molar-refractivity contribution is -0.135. The summed E-state index contributed by atoms with van der Waals surface area (Å²) >= 11 is 0. The number of nitrogens with zero attached hydrogens (tertiary/aromatic N) is 2. The largest absolute Gasteiger partial charge is 0.463 e. The molecule has 6 heteroatoms. The zero-order chi connectivity index (χ0) is 21.2. The Balaban J connectivity index is 1.42. The molecule has 162 valence electrons. The van der Waals surface area contributed by atoms with Crippen LogP contribution in [0.4, 0.5) is 0 Å². The fourth-order valence-electron chi connectivity index (χ4n) is 3.33. The van der Waals surface area contributed by atoms with E-state index >= 15 is 0 Å². The summed E-state index contributed by atoms with van der Waals surface area (Å²) in [5.74, 6) is 0.186. The Morgan fingerprint density at radius 2 is 1.63 bits per heavy atom. The van der Waals surface area contributed by atoms with Crippen LogP contribution in [0.15, 0.2) is 36.7 Å². The molecule has 0 aliphatic carbocycles. The summed E-state index contributed by atoms with van der Waals surface area (Å²) in [6.07, 6.45) is 12.3. The van der Waals surface area contributed by atoms with Crippen molar-refractivity contribution in [2.24, 2.45) is 0 Å². The molecule has 3 rings (SSSR count). The van der Waals surface area contributed by atoms with Crippen molar-refractivity contribution in [3.05, 3.63) is 36.7 Å². The SMILES string of the molecule is CCCCCCCCOc1ncc(-c2ccc(OC(=O)[C@@H]3O[C@@H]3CCC)cc2)cn1. The van der Waals surface area contributed by atoms with Gasteiger partial charge in [-0.2, -0.15) is 0 Å². The summed E-state index contributed by atoms with van der Waals surface area (Å²) in [6.45, 7) is 4.94. The van der Waals surface area contributed by atoms with Gasteiger partial charge in [0.05, 0.1) is 12.7 Å². The van der Waals surface area contributed by atoms with E-state index in [1.165, 1.54) is 32.1 Å². The van der Waals surface area contributed by atoms with Crippen LogP contribution in [0.1, 0.15) is 65.2 Å². The van der Waals surface area contributed by atoms with Gasteiger partial charge in [0.25, 0.3) is 0 Å². The highest BCUT2D eigenvalue weighted by Gasteiger charge is 2.45. The van der Waals surface area contributed by atoms with Crippen molar-refractivity contribution in [1.82, 2.24) is 9.97 Å². The minimum absolute atomic E-state index is 0.0145. The maximum absolute atomic E-state index is 12.0. The van der Waals surface area contributed by atoms with Gasteiger partial charge in [-0.1, -0.05) is 64.5 Å². The summed E-state index contributed by atoms with van der Waals surface area (Å²) in [5, 5.41) is 0. The van der Waals surface area contributed by atoms with Crippen LogP contribution in [-0.2, 0) is 9.53 Å². The summed E-state index contributed by atoms with van der Waals surface area (Å²) in [6, 6.07) is 7.72. The molecular formula is C24H32N2O4. The number of aromatic nitrogens is 2. The van der Waals surface area contributed by atoms with Gasteiger partial charge >= 0.3 is 12.0 Å². The molecule has 0 bridgehead atoms. The van der Waals surface area contributed by atoms with Gasteiger partial charge in [0, 0.05) is 18.0 Å². The number of benzene rings is 1. The maximum Gasteiger partial charge on any atom is 0.343 e. The molecule has 2 atom stereocenters. The Kier molecular flexibility index (Phi) is 8.63. The van der Waals surface area contributed by atoms with E-state index in [0.29, 0.717) is 18.4 Å². The average molecular weight is 413 g/mol. The predicted octanol–water partition coefficient (Wildman–Crippen LogP) is 5.36. The molecule has 30 heavy (non-hydrogen) atoms. The van der Waals surface area contributed by atoms with Crippen LogP contribution in [0.3, 0.4) is 0 Å². The number of rotatable bonds is 13. The molecule has 6 nitrogen and oxygen atoms in total. The van der Waals surface area contributed by atoms with Gasteiger partial charge in [-0.05, 0) is 30.5 Å². The van der Waals surface area contributed by atoms with Crippen molar-refractivity contribution in [2.45, 2.75) is 77.4 Å². The molecule has 0 unspecified atom stereocenters. The van der Waals surface area contributed by atoms with E-state index in [1.54, 1.807) is 24.5 Å². The summed E-state index contributed by atoms with van der Waals surface area (Å²) < 4.78 is 16.4. The first-order valence-corrected chi connectivity index (χ1v) is 11.1. The number of hydrogen-bond acceptors (Lipinski definition) is 6. The summed E-state index contributed by atoms with van der Waals surface area (Å²) in [5.41, 5.74) is 1.83. The van der Waals surface area contributed by atoms with E-state index in [4.69, 9.17) is 14.2 Å². The molecule has 1 aliphatic rings. The fourth-order valence-corrected chi connectivity index (χ4v) is 3.33. The van der Waals surface area contributed by atoms with Gasteiger partial charge in [-0.15, -0.1) is 0 Å². The Morgan fingerprint density at radius 1 is 0.933 bits per heavy atom. The number of hydrogen-bond donors (Lipinski definition) is 0. The highest BCUT2D eigenvalue weighted by atomic mass is 16.6. The second kappa shape index (κ2) is 11.6. The second-order valence-electron chi connectivity index (χ2n) is 7.70. The number of carbonyl (C=O) groups excluding carboxylic acids is 1. The number of esters is 1. The van der Waals surface area contributed by atoms with E-state index in [0.717, 1.165) is 30.4 Å². The average Bonchev–Trinajstić information content (AvgIpc) is 3.54. The molecule has 1 aromatic carbocycles. The van der Waals surface area contributed by atoms with Gasteiger partial charge in [0.2, 0.25) is 0 Å². The molecule has 0 N–H and O–H groups in total. The van der Waals surface area contributed by atoms with Gasteiger partial charge < -0.3 is 14.2 Å². The molecule has 0 radical (unpaired) electrons. The zero-order valence-corrected chi connectivity index (χ0v) is 18.0. The minimum atomic E-state index is -0.415. The third kappa shape index (κ3) is 6.80. The van der Waals surface area contributed by atoms with E-state index in [9.17, 15) is 4.79 Å². The molecule has 1 aromatic heterocycles. The second-order valence-corrected chi connectivity index (χ2v) is 7.70. The number of unbranched alkanes of at least 4 members (excludes halogenated alkanes) is 5. The van der Waals surface area contributed by atoms with E-state index in [1.807, 2.05) is 12.1 Å². The lowest BCUT2D eigenvalue weighted by Crippen LogP contribution is -2.17. The maximum atomic E-state index is 12.0. The number of carbonyl (C=O) groups is 1. The first-order chi connectivity index (χ1) is 14.7. The lowest BCUT2D eigenvalue weighted by Gasteiger charge is -2.07. The molecule has 0 spiro atoms. The molecule has 2 heterocycles. The highest BCUT2D eigenvalue weighted by Crippen LogP contribution is 2.29. The van der Waals surface area contributed by atoms with Crippen molar-refractivity contribution in [1.29, 1.82) is 0 Å². The smallest absolute Gasteiger partial charge is 0.343 e. The lowest BCUT2D eigenvalue weighted by atomic mass is 10.1. The van der Waals surface area contributed by atoms with Crippen LogP contribution in [-0.4, -0.2) is 34.8 Å². The van der Waals surface area contributed by atoms with Crippen molar-refractivity contribution in [2.75, 3.05) is 6.61 Å². The third-order valence-corrected chi connectivity index (χ3v) is 5.15. The van der Waals surface area contributed by atoms with E-state index in [-0.39, 0.29) is 12.1 Å². The number of ether oxygens (including phenoxy) is 3. The molecule has 0 amide bonds. The normalized spacial score (nSPS) is 17.5. The predicted molar refractivity (Wildman–Crippen MR) is 116 cm³/mol. The highest BCUT2D eigenvalue weighted by molar-refractivity contribution is 5.80. The van der Waals surface area contributed by atoms with Gasteiger partial charge in [0.1, 0.15) is 5.75 Å². The molecule has 1 aliphatic heterocycles. The van der Waals surface area contributed by atoms with Crippen LogP contribution in [0.2, 0.25) is 0 Å². The molecule has 1 saturated heterocycles. The topological polar surface area (TPSA) is 73.8 Å². The van der Waals surface area contributed by atoms with Crippen molar-refractivity contribution < 1.29 is 19.0 Å². The third-order valence-electron chi connectivity index (χ3n) is 5.15. The number of epoxide rings is 1. The van der Waals surface area contributed by atoms with E-state index in [2.05, 4.69) is 23.8 Å². The fraction of sp³-hybridized carbons (Fsp3) is 0.542. The van der Waals surface area contributed by atoms with E-state index < -0.39 is 6.10 Å². The van der Waals surface area contributed by atoms with Gasteiger partial charge in [-0.3, -0.25) is 0 Å². The summed E-state index contributed by atoms with van der Waals surface area (Å²) in [7, 11) is 0. The van der Waals surface area contributed by atoms with Crippen LogP contribution in [0.5, 0.6) is 11.8 Å². The van der Waals surface area contributed by atoms with Gasteiger partial charge in [-0.25, -0.2) is 14.8 Å². The Bertz CT molecular complexity index is 777. The van der Waals surface area contributed by atoms with Crippen LogP contribution < -0.4 is 9.47 Å². The quantitative estimate of drug-likeness (QED) is 0.191. The molecule has 0 saturated carbocycles. The molecule has 2 aromatic rings. The molecule has 1 fully saturated rings. The van der Waals surface area contributed by atoms with Gasteiger partial charge in [0.15, 0.2) is 6.10 Å². The Labute approximate surface area is 179 Å².